The van der Waals surface area contributed by atoms with Crippen LogP contribution in [0.3, 0.4) is 0 Å². The number of likely N-dealkylation sites (tertiary alicyclic amines) is 2. The molecule has 0 amide bonds. The molecule has 0 spiro atoms. The number of nitrogens with two attached hydrogens (primary N) is 1. The number of aromatic nitrogens is 1. The number of pyridine rings is 1. The van der Waals surface area contributed by atoms with Gasteiger partial charge in [0, 0.05) is 75.2 Å². The molecule has 5 rings (SSSR count). The van der Waals surface area contributed by atoms with Crippen molar-refractivity contribution in [3.63, 3.8) is 0 Å². The van der Waals surface area contributed by atoms with E-state index in [2.05, 4.69) is 44.8 Å². The molecule has 2 aromatic rings. The Morgan fingerprint density at radius 2 is 1.97 bits per heavy atom. The van der Waals surface area contributed by atoms with Gasteiger partial charge in [0.15, 0.2) is 0 Å². The van der Waals surface area contributed by atoms with Crippen molar-refractivity contribution in [1.82, 2.24) is 14.8 Å². The molecule has 0 aliphatic carbocycles. The van der Waals surface area contributed by atoms with Crippen LogP contribution in [-0.4, -0.2) is 84.9 Å². The summed E-state index contributed by atoms with van der Waals surface area (Å²) in [4.78, 5) is 12.0. The Morgan fingerprint density at radius 1 is 1.16 bits per heavy atom. The van der Waals surface area contributed by atoms with Crippen LogP contribution in [0.1, 0.15) is 25.3 Å². The maximum atomic E-state index is 9.44. The molecule has 2 N–H and O–H groups in total. The lowest BCUT2D eigenvalue weighted by Crippen LogP contribution is -2.63. The van der Waals surface area contributed by atoms with Gasteiger partial charge in [0.1, 0.15) is 6.07 Å². The van der Waals surface area contributed by atoms with Gasteiger partial charge in [0.05, 0.1) is 23.3 Å². The van der Waals surface area contributed by atoms with Crippen LogP contribution in [0.2, 0.25) is 0 Å². The number of benzene rings is 1. The first-order valence-corrected chi connectivity index (χ1v) is 11.5. The maximum Gasteiger partial charge on any atom is 0.101 e. The predicted octanol–water partition coefficient (Wildman–Crippen LogP) is 1.81. The normalized spacial score (nSPS) is 26.7. The molecular weight excluding hydrogens is 388 g/mol. The Labute approximate surface area is 184 Å². The zero-order chi connectivity index (χ0) is 21.4. The van der Waals surface area contributed by atoms with Crippen LogP contribution in [0.4, 0.5) is 5.69 Å². The smallest absolute Gasteiger partial charge is 0.101 e. The molecule has 3 aliphatic rings. The van der Waals surface area contributed by atoms with Crippen molar-refractivity contribution in [2.45, 2.75) is 44.1 Å². The number of hydrogen-bond acceptors (Lipinski definition) is 7. The van der Waals surface area contributed by atoms with Gasteiger partial charge in [0.25, 0.3) is 0 Å². The van der Waals surface area contributed by atoms with Gasteiger partial charge in [-0.05, 0) is 44.0 Å². The van der Waals surface area contributed by atoms with Gasteiger partial charge in [-0.2, -0.15) is 5.26 Å². The highest BCUT2D eigenvalue weighted by molar-refractivity contribution is 5.95. The van der Waals surface area contributed by atoms with Crippen LogP contribution in [-0.2, 0) is 4.74 Å². The highest BCUT2D eigenvalue weighted by atomic mass is 16.5. The summed E-state index contributed by atoms with van der Waals surface area (Å²) in [6, 6.07) is 11.3. The summed E-state index contributed by atoms with van der Waals surface area (Å²) in [5.41, 5.74) is 8.61. The molecule has 7 heteroatoms. The van der Waals surface area contributed by atoms with E-state index in [1.165, 1.54) is 0 Å². The minimum absolute atomic E-state index is 0.168. The predicted molar refractivity (Wildman–Crippen MR) is 122 cm³/mol. The van der Waals surface area contributed by atoms with Crippen LogP contribution < -0.4 is 10.6 Å². The highest BCUT2D eigenvalue weighted by Gasteiger charge is 2.36. The van der Waals surface area contributed by atoms with E-state index >= 15 is 0 Å². The SMILES string of the molecule is C[C@@H]1CN(c2ccc(C#N)c3ncccc23)C[C@H](CN2CC(N3CCC(N)CC3)C2)O1. The fraction of sp³-hybridized carbons (Fsp3) is 0.583. The van der Waals surface area contributed by atoms with E-state index in [1.807, 2.05) is 12.1 Å². The number of fused-ring (bicyclic) bond motifs is 1. The second-order valence-corrected chi connectivity index (χ2v) is 9.36. The number of nitrogens with zero attached hydrogens (tertiary/aromatic N) is 5. The quantitative estimate of drug-likeness (QED) is 0.808. The molecule has 3 saturated heterocycles. The van der Waals surface area contributed by atoms with Crippen LogP contribution in [0.15, 0.2) is 30.5 Å². The third-order valence-corrected chi connectivity index (χ3v) is 7.02. The number of morpholine rings is 1. The van der Waals surface area contributed by atoms with Crippen molar-refractivity contribution in [1.29, 1.82) is 5.26 Å². The standard InChI is InChI=1S/C24H32N6O/c1-17-12-30(23-5-4-18(11-25)24-22(23)3-2-8-27-24)16-21(31-17)15-28-13-20(14-28)29-9-6-19(26)7-10-29/h2-5,8,17,19-21H,6-7,9-10,12-16,26H2,1H3/t17-,21+/m1/s1. The summed E-state index contributed by atoms with van der Waals surface area (Å²) in [6.07, 6.45) is 4.36. The van der Waals surface area contributed by atoms with Gasteiger partial charge in [-0.3, -0.25) is 14.8 Å². The van der Waals surface area contributed by atoms with Crippen molar-refractivity contribution in [2.75, 3.05) is 50.7 Å². The molecule has 31 heavy (non-hydrogen) atoms. The number of nitriles is 1. The second kappa shape index (κ2) is 8.71. The van der Waals surface area contributed by atoms with E-state index in [9.17, 15) is 5.26 Å². The molecule has 4 heterocycles. The van der Waals surface area contributed by atoms with E-state index in [1.54, 1.807) is 6.20 Å². The molecular formula is C24H32N6O. The third kappa shape index (κ3) is 4.26. The number of anilines is 1. The lowest BCUT2D eigenvalue weighted by atomic mass is 9.99. The van der Waals surface area contributed by atoms with Gasteiger partial charge in [-0.25, -0.2) is 0 Å². The molecule has 1 aromatic heterocycles. The molecule has 7 nitrogen and oxygen atoms in total. The monoisotopic (exact) mass is 420 g/mol. The number of hydrogen-bond donors (Lipinski definition) is 1. The Bertz CT molecular complexity index is 960. The number of ether oxygens (including phenoxy) is 1. The molecule has 1 aromatic carbocycles. The van der Waals surface area contributed by atoms with E-state index in [-0.39, 0.29) is 12.2 Å². The molecule has 0 radical (unpaired) electrons. The largest absolute Gasteiger partial charge is 0.370 e. The third-order valence-electron chi connectivity index (χ3n) is 7.02. The van der Waals surface area contributed by atoms with Gasteiger partial charge >= 0.3 is 0 Å². The fourth-order valence-electron chi connectivity index (χ4n) is 5.36. The molecule has 2 atom stereocenters. The van der Waals surface area contributed by atoms with Crippen molar-refractivity contribution in [3.8, 4) is 6.07 Å². The molecule has 0 bridgehead atoms. The van der Waals surface area contributed by atoms with Gasteiger partial charge in [-0.1, -0.05) is 0 Å². The summed E-state index contributed by atoms with van der Waals surface area (Å²) in [5.74, 6) is 0. The summed E-state index contributed by atoms with van der Waals surface area (Å²) in [6.45, 7) is 9.38. The van der Waals surface area contributed by atoms with Crippen molar-refractivity contribution < 1.29 is 4.74 Å². The Hall–Kier alpha value is -2.24. The first-order chi connectivity index (χ1) is 15.1. The second-order valence-electron chi connectivity index (χ2n) is 9.36. The van der Waals surface area contributed by atoms with Gasteiger partial charge < -0.3 is 15.4 Å². The molecule has 3 aliphatic heterocycles. The molecule has 0 unspecified atom stereocenters. The summed E-state index contributed by atoms with van der Waals surface area (Å²) in [7, 11) is 0. The average molecular weight is 421 g/mol. The summed E-state index contributed by atoms with van der Waals surface area (Å²) in [5, 5.41) is 10.5. The van der Waals surface area contributed by atoms with Crippen LogP contribution in [0.25, 0.3) is 10.9 Å². The minimum Gasteiger partial charge on any atom is -0.370 e. The van der Waals surface area contributed by atoms with Gasteiger partial charge in [-0.15, -0.1) is 0 Å². The molecule has 3 fully saturated rings. The first kappa shape index (κ1) is 20.7. The Morgan fingerprint density at radius 3 is 2.74 bits per heavy atom. The van der Waals surface area contributed by atoms with Crippen molar-refractivity contribution in [3.05, 3.63) is 36.0 Å². The molecule has 0 saturated carbocycles. The lowest BCUT2D eigenvalue weighted by Gasteiger charge is -2.49. The maximum absolute atomic E-state index is 9.44. The summed E-state index contributed by atoms with van der Waals surface area (Å²) < 4.78 is 6.31. The number of rotatable bonds is 4. The van der Waals surface area contributed by atoms with Gasteiger partial charge in [0.2, 0.25) is 0 Å². The summed E-state index contributed by atoms with van der Waals surface area (Å²) >= 11 is 0. The van der Waals surface area contributed by atoms with Crippen LogP contribution in [0.5, 0.6) is 0 Å². The first-order valence-electron chi connectivity index (χ1n) is 11.5. The van der Waals surface area contributed by atoms with E-state index in [0.29, 0.717) is 17.6 Å². The topological polar surface area (TPSA) is 81.7 Å². The van der Waals surface area contributed by atoms with Crippen molar-refractivity contribution >= 4 is 16.6 Å². The Kier molecular flexibility index (Phi) is 5.81. The molecule has 164 valence electrons. The number of piperidine rings is 1. The minimum atomic E-state index is 0.168. The van der Waals surface area contributed by atoms with E-state index in [0.717, 1.165) is 75.2 Å². The lowest BCUT2D eigenvalue weighted by molar-refractivity contribution is -0.0593. The Balaban J connectivity index is 1.24. The fourth-order valence-corrected chi connectivity index (χ4v) is 5.36. The average Bonchev–Trinajstić information content (AvgIpc) is 2.75. The van der Waals surface area contributed by atoms with Crippen LogP contribution >= 0.6 is 0 Å². The van der Waals surface area contributed by atoms with Crippen molar-refractivity contribution in [2.24, 2.45) is 5.73 Å². The highest BCUT2D eigenvalue weighted by Crippen LogP contribution is 2.31. The zero-order valence-electron chi connectivity index (χ0n) is 18.3. The zero-order valence-corrected chi connectivity index (χ0v) is 18.3. The van der Waals surface area contributed by atoms with E-state index in [4.69, 9.17) is 10.5 Å². The van der Waals surface area contributed by atoms with E-state index < -0.39 is 0 Å². The van der Waals surface area contributed by atoms with Crippen LogP contribution in [0, 0.1) is 11.3 Å².